The van der Waals surface area contributed by atoms with Crippen LogP contribution in [0, 0.1) is 5.82 Å². The van der Waals surface area contributed by atoms with Gasteiger partial charge in [0, 0.05) is 45.5 Å². The summed E-state index contributed by atoms with van der Waals surface area (Å²) in [6.45, 7) is 8.45. The first-order chi connectivity index (χ1) is 14.5. The van der Waals surface area contributed by atoms with Crippen molar-refractivity contribution >= 4 is 17.6 Å². The highest BCUT2D eigenvalue weighted by Crippen LogP contribution is 2.27. The Hall–Kier alpha value is -2.55. The number of aromatic nitrogens is 4. The maximum absolute atomic E-state index is 15.0. The van der Waals surface area contributed by atoms with E-state index in [0.29, 0.717) is 24.0 Å². The topological polar surface area (TPSA) is 70.5 Å². The molecule has 2 aliphatic rings. The Kier molecular flexibility index (Phi) is 6.26. The van der Waals surface area contributed by atoms with Gasteiger partial charge in [0.15, 0.2) is 11.6 Å². The molecule has 4 rings (SSSR count). The minimum absolute atomic E-state index is 0.0198. The fourth-order valence-electron chi connectivity index (χ4n) is 4.10. The van der Waals surface area contributed by atoms with E-state index in [1.165, 1.54) is 6.33 Å². The molecule has 0 amide bonds. The number of anilines is 3. The minimum Gasteiger partial charge on any atom is -0.378 e. The van der Waals surface area contributed by atoms with Crippen molar-refractivity contribution in [3.05, 3.63) is 30.1 Å². The number of hydrogen-bond donors (Lipinski definition) is 0. The van der Waals surface area contributed by atoms with Crippen LogP contribution in [0.1, 0.15) is 38.3 Å². The molecule has 2 aromatic rings. The Morgan fingerprint density at radius 1 is 1.13 bits per heavy atom. The third-order valence-electron chi connectivity index (χ3n) is 5.87. The molecule has 4 heterocycles. The van der Waals surface area contributed by atoms with Gasteiger partial charge < -0.3 is 19.4 Å². The van der Waals surface area contributed by atoms with Crippen molar-refractivity contribution in [3.8, 4) is 0 Å². The maximum Gasteiger partial charge on any atom is 0.227 e. The van der Waals surface area contributed by atoms with Crippen LogP contribution in [0.2, 0.25) is 0 Å². The summed E-state index contributed by atoms with van der Waals surface area (Å²) in [4.78, 5) is 24.0. The number of halogens is 1. The quantitative estimate of drug-likeness (QED) is 0.738. The molecule has 1 atom stereocenters. The molecule has 2 aromatic heterocycles. The Morgan fingerprint density at radius 3 is 2.70 bits per heavy atom. The fraction of sp³-hybridized carbons (Fsp3) is 0.619. The van der Waals surface area contributed by atoms with E-state index in [9.17, 15) is 4.39 Å². The van der Waals surface area contributed by atoms with Gasteiger partial charge in [0.25, 0.3) is 0 Å². The van der Waals surface area contributed by atoms with E-state index in [4.69, 9.17) is 9.72 Å². The normalized spacial score (nSPS) is 20.0. The fourth-order valence-corrected chi connectivity index (χ4v) is 4.10. The van der Waals surface area contributed by atoms with E-state index in [1.54, 1.807) is 0 Å². The number of nitrogens with zero attached hydrogens (tertiary/aromatic N) is 7. The molecular weight excluding hydrogens is 385 g/mol. The van der Waals surface area contributed by atoms with E-state index in [-0.39, 0.29) is 17.8 Å². The van der Waals surface area contributed by atoms with E-state index < -0.39 is 0 Å². The Labute approximate surface area is 177 Å². The van der Waals surface area contributed by atoms with Crippen LogP contribution < -0.4 is 14.7 Å². The summed E-state index contributed by atoms with van der Waals surface area (Å²) in [6, 6.07) is 2.12. The second-order valence-corrected chi connectivity index (χ2v) is 8.22. The lowest BCUT2D eigenvalue weighted by molar-refractivity contribution is 0.122. The summed E-state index contributed by atoms with van der Waals surface area (Å²) < 4.78 is 20.4. The van der Waals surface area contributed by atoms with E-state index >= 15 is 0 Å². The second kappa shape index (κ2) is 9.07. The van der Waals surface area contributed by atoms with Crippen molar-refractivity contribution in [1.82, 2.24) is 19.9 Å². The molecule has 0 saturated carbocycles. The van der Waals surface area contributed by atoms with Gasteiger partial charge in [0.2, 0.25) is 5.95 Å². The first-order valence-corrected chi connectivity index (χ1v) is 10.7. The van der Waals surface area contributed by atoms with Crippen molar-refractivity contribution < 1.29 is 9.13 Å². The molecule has 2 saturated heterocycles. The van der Waals surface area contributed by atoms with Crippen LogP contribution >= 0.6 is 0 Å². The molecule has 0 spiro atoms. The molecule has 2 aliphatic heterocycles. The van der Waals surface area contributed by atoms with E-state index in [1.807, 2.05) is 38.1 Å². The molecule has 8 nitrogen and oxygen atoms in total. The number of likely N-dealkylation sites (N-methyl/N-ethyl adjacent to an activating group) is 1. The van der Waals surface area contributed by atoms with Crippen molar-refractivity contribution in [2.45, 2.75) is 38.6 Å². The van der Waals surface area contributed by atoms with Gasteiger partial charge in [0.1, 0.15) is 12.1 Å². The molecule has 0 radical (unpaired) electrons. The van der Waals surface area contributed by atoms with Crippen LogP contribution in [0.25, 0.3) is 0 Å². The average molecular weight is 416 g/mol. The number of morpholine rings is 1. The minimum atomic E-state index is -0.304. The highest BCUT2D eigenvalue weighted by molar-refractivity contribution is 5.46. The summed E-state index contributed by atoms with van der Waals surface area (Å²) >= 11 is 0. The van der Waals surface area contributed by atoms with Gasteiger partial charge in [-0.3, -0.25) is 0 Å². The van der Waals surface area contributed by atoms with Gasteiger partial charge in [-0.05, 0) is 24.8 Å². The Morgan fingerprint density at radius 2 is 1.93 bits per heavy atom. The third kappa shape index (κ3) is 4.30. The smallest absolute Gasteiger partial charge is 0.227 e. The van der Waals surface area contributed by atoms with Gasteiger partial charge in [-0.25, -0.2) is 19.3 Å². The molecule has 0 N–H and O–H groups in total. The highest BCUT2D eigenvalue weighted by atomic mass is 19.1. The lowest BCUT2D eigenvalue weighted by Crippen LogP contribution is -2.48. The standard InChI is InChI=1S/C21H30FN7O/c1-15(2)19-18(22)20(25-14-24-19)29-8-4-5-16(13-29)27(3)21-23-7-6-17(26-21)28-9-11-30-12-10-28/h6-7,14-16H,4-5,8-13H2,1-3H3. The van der Waals surface area contributed by atoms with E-state index in [2.05, 4.69) is 24.8 Å². The van der Waals surface area contributed by atoms with Crippen LogP contribution in [0.5, 0.6) is 0 Å². The lowest BCUT2D eigenvalue weighted by Gasteiger charge is -2.38. The van der Waals surface area contributed by atoms with Crippen LogP contribution in [-0.4, -0.2) is 72.4 Å². The first kappa shape index (κ1) is 20.7. The zero-order valence-corrected chi connectivity index (χ0v) is 18.0. The predicted molar refractivity (Wildman–Crippen MR) is 115 cm³/mol. The number of ether oxygens (including phenoxy) is 1. The largest absolute Gasteiger partial charge is 0.378 e. The zero-order chi connectivity index (χ0) is 21.1. The summed E-state index contributed by atoms with van der Waals surface area (Å²) in [7, 11) is 2.02. The molecule has 0 aliphatic carbocycles. The SMILES string of the molecule is CC(C)c1ncnc(N2CCCC(N(C)c3nccc(N4CCOCC4)n3)C2)c1F. The number of rotatable bonds is 5. The van der Waals surface area contributed by atoms with Crippen molar-refractivity contribution in [3.63, 3.8) is 0 Å². The Bertz CT molecular complexity index is 859. The number of hydrogen-bond acceptors (Lipinski definition) is 8. The van der Waals surface area contributed by atoms with Gasteiger partial charge in [-0.1, -0.05) is 13.8 Å². The zero-order valence-electron chi connectivity index (χ0n) is 18.0. The molecule has 2 fully saturated rings. The maximum atomic E-state index is 15.0. The predicted octanol–water partition coefficient (Wildman–Crippen LogP) is 2.47. The van der Waals surface area contributed by atoms with Crippen molar-refractivity contribution in [1.29, 1.82) is 0 Å². The number of piperidine rings is 1. The molecule has 162 valence electrons. The van der Waals surface area contributed by atoms with Crippen LogP contribution in [-0.2, 0) is 4.74 Å². The van der Waals surface area contributed by atoms with Crippen LogP contribution in [0.3, 0.4) is 0 Å². The molecule has 9 heteroatoms. The molecule has 0 aromatic carbocycles. The summed E-state index contributed by atoms with van der Waals surface area (Å²) in [5.41, 5.74) is 0.469. The van der Waals surface area contributed by atoms with Crippen molar-refractivity contribution in [2.24, 2.45) is 0 Å². The third-order valence-corrected chi connectivity index (χ3v) is 5.87. The summed E-state index contributed by atoms with van der Waals surface area (Å²) in [5, 5.41) is 0. The molecule has 30 heavy (non-hydrogen) atoms. The van der Waals surface area contributed by atoms with E-state index in [0.717, 1.165) is 51.5 Å². The highest BCUT2D eigenvalue weighted by Gasteiger charge is 2.28. The molecule has 1 unspecified atom stereocenters. The lowest BCUT2D eigenvalue weighted by atomic mass is 10.0. The monoisotopic (exact) mass is 415 g/mol. The van der Waals surface area contributed by atoms with Gasteiger partial charge in [-0.15, -0.1) is 0 Å². The van der Waals surface area contributed by atoms with Gasteiger partial charge >= 0.3 is 0 Å². The van der Waals surface area contributed by atoms with Crippen molar-refractivity contribution in [2.75, 3.05) is 61.1 Å². The summed E-state index contributed by atoms with van der Waals surface area (Å²) in [5.74, 6) is 1.73. The van der Waals surface area contributed by atoms with Gasteiger partial charge in [0.05, 0.1) is 18.9 Å². The van der Waals surface area contributed by atoms with Crippen LogP contribution in [0.4, 0.5) is 22.0 Å². The molecular formula is C21H30FN7O. The molecule has 0 bridgehead atoms. The average Bonchev–Trinajstić information content (AvgIpc) is 2.79. The van der Waals surface area contributed by atoms with Gasteiger partial charge in [-0.2, -0.15) is 4.98 Å². The second-order valence-electron chi connectivity index (χ2n) is 8.22. The first-order valence-electron chi connectivity index (χ1n) is 10.7. The van der Waals surface area contributed by atoms with Crippen LogP contribution in [0.15, 0.2) is 18.6 Å². The summed E-state index contributed by atoms with van der Waals surface area (Å²) in [6.07, 6.45) is 5.24. The Balaban J connectivity index is 1.50.